The number of hydrogen-bond acceptors (Lipinski definition) is 3. The van der Waals surface area contributed by atoms with Crippen LogP contribution in [0.4, 0.5) is 10.5 Å². The van der Waals surface area contributed by atoms with Crippen molar-refractivity contribution in [1.29, 1.82) is 0 Å². The van der Waals surface area contributed by atoms with Crippen LogP contribution in [0.5, 0.6) is 0 Å². The molecule has 2 aromatic rings. The molecule has 166 valence electrons. The minimum Gasteiger partial charge on any atom is -0.350 e. The zero-order valence-electron chi connectivity index (χ0n) is 16.5. The Morgan fingerprint density at radius 3 is 2.61 bits per heavy atom. The van der Waals surface area contributed by atoms with E-state index in [0.29, 0.717) is 53.9 Å². The number of anilines is 1. The molecular weight excluding hydrogens is 463 g/mol. The molecule has 0 aromatic heterocycles. The van der Waals surface area contributed by atoms with Crippen molar-refractivity contribution < 1.29 is 18.4 Å². The first-order chi connectivity index (χ1) is 14.9. The minimum atomic E-state index is -2.25. The summed E-state index contributed by atoms with van der Waals surface area (Å²) in [5.74, 6) is -0.284. The van der Waals surface area contributed by atoms with Crippen molar-refractivity contribution in [2.24, 2.45) is 0 Å². The summed E-state index contributed by atoms with van der Waals surface area (Å²) in [6.07, 6.45) is 0.415. The molecule has 1 aliphatic rings. The van der Waals surface area contributed by atoms with Crippen LogP contribution in [0.25, 0.3) is 0 Å². The number of halogens is 2. The summed E-state index contributed by atoms with van der Waals surface area (Å²) in [5, 5.41) is 6.32. The lowest BCUT2D eigenvalue weighted by atomic mass is 10.1. The lowest BCUT2D eigenvalue weighted by Gasteiger charge is -2.20. The molecule has 0 radical (unpaired) electrons. The maximum Gasteiger partial charge on any atom is 0.317 e. The smallest absolute Gasteiger partial charge is 0.317 e. The van der Waals surface area contributed by atoms with Gasteiger partial charge in [-0.2, -0.15) is 0 Å². The molecule has 1 aliphatic heterocycles. The Kier molecular flexibility index (Phi) is 8.14. The van der Waals surface area contributed by atoms with E-state index in [1.54, 1.807) is 41.3 Å². The Morgan fingerprint density at radius 2 is 1.97 bits per heavy atom. The summed E-state index contributed by atoms with van der Waals surface area (Å²) in [6.45, 7) is 2.23. The summed E-state index contributed by atoms with van der Waals surface area (Å²) in [6, 6.07) is 11.5. The highest BCUT2D eigenvalue weighted by molar-refractivity contribution is 7.80. The van der Waals surface area contributed by atoms with Crippen LogP contribution >= 0.6 is 23.2 Å². The van der Waals surface area contributed by atoms with Crippen LogP contribution in [0.1, 0.15) is 15.9 Å². The molecule has 3 amide bonds. The van der Waals surface area contributed by atoms with Crippen LogP contribution in [0.2, 0.25) is 10.0 Å². The van der Waals surface area contributed by atoms with Crippen molar-refractivity contribution in [1.82, 2.24) is 15.5 Å². The predicted octanol–water partition coefficient (Wildman–Crippen LogP) is 2.93. The molecule has 1 atom stereocenters. The van der Waals surface area contributed by atoms with E-state index in [9.17, 15) is 18.4 Å². The van der Waals surface area contributed by atoms with Crippen molar-refractivity contribution in [3.05, 3.63) is 63.6 Å². The number of amides is 3. The molecule has 1 heterocycles. The van der Waals surface area contributed by atoms with Gasteiger partial charge < -0.3 is 15.5 Å². The van der Waals surface area contributed by atoms with Gasteiger partial charge in [0, 0.05) is 38.3 Å². The number of hydrogen-bond donors (Lipinski definition) is 3. The quantitative estimate of drug-likeness (QED) is 0.476. The zero-order valence-corrected chi connectivity index (χ0v) is 18.8. The lowest BCUT2D eigenvalue weighted by Crippen LogP contribution is -2.36. The fourth-order valence-corrected chi connectivity index (χ4v) is 4.14. The molecule has 1 unspecified atom stereocenters. The monoisotopic (exact) mass is 484 g/mol. The second-order valence-electron chi connectivity index (χ2n) is 6.82. The maximum absolute atomic E-state index is 12.3. The molecule has 2 aromatic carbocycles. The van der Waals surface area contributed by atoms with Gasteiger partial charge in [-0.15, -0.1) is 0 Å². The fraction of sp³-hybridized carbons (Fsp3) is 0.300. The highest BCUT2D eigenvalue weighted by Crippen LogP contribution is 2.26. The summed E-state index contributed by atoms with van der Waals surface area (Å²) in [4.78, 5) is 25.4. The van der Waals surface area contributed by atoms with E-state index in [1.165, 1.54) is 4.31 Å². The number of urea groups is 1. The molecule has 0 bridgehead atoms. The van der Waals surface area contributed by atoms with E-state index in [2.05, 4.69) is 10.6 Å². The summed E-state index contributed by atoms with van der Waals surface area (Å²) in [5.41, 5.74) is 1.67. The Hall–Kier alpha value is -2.33. The number of nitrogens with zero attached hydrogens (tertiary/aromatic N) is 2. The lowest BCUT2D eigenvalue weighted by molar-refractivity contribution is 0.0950. The van der Waals surface area contributed by atoms with E-state index in [-0.39, 0.29) is 18.5 Å². The Balaban J connectivity index is 1.58. The second kappa shape index (κ2) is 10.8. The third kappa shape index (κ3) is 6.10. The number of nitrogens with one attached hydrogen (secondary N) is 2. The number of carbonyl (C=O) groups is 2. The van der Waals surface area contributed by atoms with Gasteiger partial charge in [0.2, 0.25) is 0 Å². The van der Waals surface area contributed by atoms with Crippen LogP contribution in [0, 0.1) is 0 Å². The number of benzene rings is 2. The summed E-state index contributed by atoms with van der Waals surface area (Å²) in [7, 11) is 0. The highest BCUT2D eigenvalue weighted by Gasteiger charge is 2.19. The molecule has 0 spiro atoms. The maximum atomic E-state index is 12.3. The molecule has 1 saturated heterocycles. The van der Waals surface area contributed by atoms with E-state index in [0.717, 1.165) is 5.56 Å². The first-order valence-corrected chi connectivity index (χ1v) is 11.4. The predicted molar refractivity (Wildman–Crippen MR) is 122 cm³/mol. The third-order valence-electron chi connectivity index (χ3n) is 4.83. The van der Waals surface area contributed by atoms with Gasteiger partial charge >= 0.3 is 6.03 Å². The molecule has 3 rings (SSSR count). The number of carbonyl (C=O) groups excluding carboxylic acids is 2. The topological polar surface area (TPSA) is 102 Å². The SMILES string of the molecule is O=C(NCCN1CCNC1=O)c1ccc(N(CCc2cccc(Cl)c2Cl)S(=O)O)cc1. The molecule has 1 fully saturated rings. The Bertz CT molecular complexity index is 974. The van der Waals surface area contributed by atoms with Crippen LogP contribution in [-0.2, 0) is 17.7 Å². The highest BCUT2D eigenvalue weighted by atomic mass is 35.5. The van der Waals surface area contributed by atoms with E-state index in [4.69, 9.17) is 23.2 Å². The van der Waals surface area contributed by atoms with Gasteiger partial charge in [0.15, 0.2) is 0 Å². The van der Waals surface area contributed by atoms with Gasteiger partial charge in [0.1, 0.15) is 0 Å². The first-order valence-electron chi connectivity index (χ1n) is 9.59. The van der Waals surface area contributed by atoms with Crippen LogP contribution in [0.15, 0.2) is 42.5 Å². The second-order valence-corrected chi connectivity index (χ2v) is 8.50. The number of rotatable bonds is 9. The summed E-state index contributed by atoms with van der Waals surface area (Å²) < 4.78 is 22.9. The molecule has 0 saturated carbocycles. The molecule has 0 aliphatic carbocycles. The molecule has 11 heteroatoms. The van der Waals surface area contributed by atoms with Crippen molar-refractivity contribution in [2.75, 3.05) is 37.0 Å². The van der Waals surface area contributed by atoms with Crippen LogP contribution in [0.3, 0.4) is 0 Å². The van der Waals surface area contributed by atoms with Crippen LogP contribution in [-0.4, -0.2) is 58.3 Å². The third-order valence-corrected chi connectivity index (χ3v) is 6.46. The van der Waals surface area contributed by atoms with E-state index >= 15 is 0 Å². The van der Waals surface area contributed by atoms with Gasteiger partial charge in [0.05, 0.1) is 15.7 Å². The van der Waals surface area contributed by atoms with E-state index < -0.39 is 11.3 Å². The average molecular weight is 485 g/mol. The Labute approximate surface area is 192 Å². The summed E-state index contributed by atoms with van der Waals surface area (Å²) >= 11 is 9.96. The molecule has 8 nitrogen and oxygen atoms in total. The fourth-order valence-electron chi connectivity index (χ4n) is 3.17. The molecule has 3 N–H and O–H groups in total. The Morgan fingerprint density at radius 1 is 1.23 bits per heavy atom. The van der Waals surface area contributed by atoms with Crippen molar-refractivity contribution >= 4 is 52.1 Å². The minimum absolute atomic E-state index is 0.130. The van der Waals surface area contributed by atoms with Gasteiger partial charge in [-0.25, -0.2) is 9.00 Å². The van der Waals surface area contributed by atoms with Gasteiger partial charge in [-0.05, 0) is 42.3 Å². The zero-order chi connectivity index (χ0) is 22.4. The van der Waals surface area contributed by atoms with Gasteiger partial charge in [-0.1, -0.05) is 35.3 Å². The van der Waals surface area contributed by atoms with E-state index in [1.807, 2.05) is 6.07 Å². The van der Waals surface area contributed by atoms with Crippen molar-refractivity contribution in [3.63, 3.8) is 0 Å². The van der Waals surface area contributed by atoms with Crippen LogP contribution < -0.4 is 14.9 Å². The first kappa shape index (κ1) is 23.3. The van der Waals surface area contributed by atoms with Crippen molar-refractivity contribution in [2.45, 2.75) is 6.42 Å². The standard InChI is InChI=1S/C20H22Cl2N4O4S/c21-17-3-1-2-14(18(17)22)8-11-26(31(29)30)16-6-4-15(5-7-16)19(27)23-9-12-25-13-10-24-20(25)28/h1-7H,8-13H2,(H,23,27)(H,24,28)(H,29,30). The van der Waals surface area contributed by atoms with Crippen molar-refractivity contribution in [3.8, 4) is 0 Å². The van der Waals surface area contributed by atoms with Gasteiger partial charge in [-0.3, -0.25) is 13.7 Å². The largest absolute Gasteiger partial charge is 0.350 e. The molecule has 31 heavy (non-hydrogen) atoms. The average Bonchev–Trinajstić information content (AvgIpc) is 3.16. The molecular formula is C20H22Cl2N4O4S. The van der Waals surface area contributed by atoms with Gasteiger partial charge in [0.25, 0.3) is 17.2 Å². The normalized spacial score (nSPS) is 14.3.